The molecule has 0 saturated heterocycles. The summed E-state index contributed by atoms with van der Waals surface area (Å²) in [6.07, 6.45) is -2.34. The average molecular weight is 245 g/mol. The van der Waals surface area contributed by atoms with Crippen LogP contribution in [0.1, 0.15) is 16.2 Å². The maximum atomic E-state index is 12.4. The van der Waals surface area contributed by atoms with Crippen LogP contribution in [0.2, 0.25) is 0 Å². The molecule has 17 heavy (non-hydrogen) atoms. The van der Waals surface area contributed by atoms with Gasteiger partial charge in [-0.15, -0.1) is 0 Å². The minimum atomic E-state index is -4.60. The first-order valence-electron chi connectivity index (χ1n) is 4.42. The Labute approximate surface area is 92.6 Å². The second-order valence-electron chi connectivity index (χ2n) is 3.16. The Morgan fingerprint density at radius 2 is 2.12 bits per heavy atom. The minimum Gasteiger partial charge on any atom is -0.465 e. The molecule has 5 nitrogen and oxygen atoms in total. The molecule has 90 valence electrons. The maximum Gasteiger partial charge on any atom is 0.449 e. The Morgan fingerprint density at radius 3 is 2.71 bits per heavy atom. The van der Waals surface area contributed by atoms with Gasteiger partial charge in [-0.3, -0.25) is 4.98 Å². The van der Waals surface area contributed by atoms with E-state index in [9.17, 15) is 18.0 Å². The van der Waals surface area contributed by atoms with Crippen molar-refractivity contribution in [3.63, 3.8) is 0 Å². The molecular weight excluding hydrogens is 239 g/mol. The van der Waals surface area contributed by atoms with Gasteiger partial charge < -0.3 is 9.72 Å². The van der Waals surface area contributed by atoms with Crippen LogP contribution in [0.5, 0.6) is 0 Å². The molecule has 0 aliphatic carbocycles. The third-order valence-electron chi connectivity index (χ3n) is 2.07. The van der Waals surface area contributed by atoms with E-state index in [0.717, 1.165) is 19.5 Å². The van der Waals surface area contributed by atoms with Gasteiger partial charge >= 0.3 is 12.1 Å². The largest absolute Gasteiger partial charge is 0.465 e. The number of fused-ring (bicyclic) bond motifs is 1. The molecule has 0 fully saturated rings. The Morgan fingerprint density at radius 1 is 1.41 bits per heavy atom. The van der Waals surface area contributed by atoms with E-state index in [-0.39, 0.29) is 16.6 Å². The number of aromatic nitrogens is 3. The summed E-state index contributed by atoms with van der Waals surface area (Å²) < 4.78 is 41.7. The molecule has 0 bridgehead atoms. The molecule has 2 aromatic rings. The molecule has 1 N–H and O–H groups in total. The lowest BCUT2D eigenvalue weighted by atomic mass is 10.2. The zero-order chi connectivity index (χ0) is 12.6. The van der Waals surface area contributed by atoms with E-state index in [1.54, 1.807) is 0 Å². The van der Waals surface area contributed by atoms with Crippen molar-refractivity contribution in [2.75, 3.05) is 7.11 Å². The fraction of sp³-hybridized carbons (Fsp3) is 0.222. The second-order valence-corrected chi connectivity index (χ2v) is 3.16. The summed E-state index contributed by atoms with van der Waals surface area (Å²) in [5.74, 6) is -1.96. The number of rotatable bonds is 1. The number of pyridine rings is 1. The topological polar surface area (TPSA) is 67.9 Å². The van der Waals surface area contributed by atoms with Gasteiger partial charge in [-0.05, 0) is 0 Å². The van der Waals surface area contributed by atoms with Crippen LogP contribution in [0.3, 0.4) is 0 Å². The lowest BCUT2D eigenvalue weighted by Gasteiger charge is -1.99. The van der Waals surface area contributed by atoms with E-state index in [2.05, 4.69) is 14.7 Å². The number of esters is 1. The van der Waals surface area contributed by atoms with E-state index in [4.69, 9.17) is 0 Å². The number of halogens is 3. The summed E-state index contributed by atoms with van der Waals surface area (Å²) in [4.78, 5) is 20.3. The van der Waals surface area contributed by atoms with Crippen molar-refractivity contribution < 1.29 is 22.7 Å². The van der Waals surface area contributed by atoms with Gasteiger partial charge in [0.15, 0.2) is 0 Å². The van der Waals surface area contributed by atoms with Crippen molar-refractivity contribution in [2.45, 2.75) is 6.18 Å². The number of aromatic amines is 1. The van der Waals surface area contributed by atoms with Crippen molar-refractivity contribution in [1.29, 1.82) is 0 Å². The summed E-state index contributed by atoms with van der Waals surface area (Å²) in [7, 11) is 1.12. The predicted molar refractivity (Wildman–Crippen MR) is 50.2 cm³/mol. The van der Waals surface area contributed by atoms with E-state index in [0.29, 0.717) is 0 Å². The zero-order valence-electron chi connectivity index (χ0n) is 8.50. The number of alkyl halides is 3. The van der Waals surface area contributed by atoms with Crippen LogP contribution in [0.15, 0.2) is 12.4 Å². The number of hydrogen-bond donors (Lipinski definition) is 1. The first-order chi connectivity index (χ1) is 7.93. The molecule has 0 radical (unpaired) electrons. The van der Waals surface area contributed by atoms with Crippen molar-refractivity contribution in [2.24, 2.45) is 0 Å². The van der Waals surface area contributed by atoms with Crippen molar-refractivity contribution in [1.82, 2.24) is 15.0 Å². The monoisotopic (exact) mass is 245 g/mol. The van der Waals surface area contributed by atoms with Crippen molar-refractivity contribution in [3.05, 3.63) is 23.8 Å². The lowest BCUT2D eigenvalue weighted by molar-refractivity contribution is -0.144. The fourth-order valence-corrected chi connectivity index (χ4v) is 1.33. The molecule has 0 spiro atoms. The number of nitrogens with one attached hydrogen (secondary N) is 1. The third kappa shape index (κ3) is 1.93. The highest BCUT2D eigenvalue weighted by Gasteiger charge is 2.35. The first kappa shape index (κ1) is 11.4. The normalized spacial score (nSPS) is 11.8. The number of methoxy groups -OCH3 is 1. The predicted octanol–water partition coefficient (Wildman–Crippen LogP) is 1.76. The molecular formula is C9H6F3N3O2. The number of nitrogens with zero attached hydrogens (tertiary/aromatic N) is 2. The van der Waals surface area contributed by atoms with E-state index < -0.39 is 18.0 Å². The van der Waals surface area contributed by atoms with Crippen LogP contribution in [-0.4, -0.2) is 28.0 Å². The van der Waals surface area contributed by atoms with Crippen LogP contribution in [0.25, 0.3) is 11.0 Å². The second kappa shape index (κ2) is 3.72. The third-order valence-corrected chi connectivity index (χ3v) is 2.07. The summed E-state index contributed by atoms with van der Waals surface area (Å²) in [5, 5.41) is 0. The molecule has 8 heteroatoms. The molecule has 0 atom stereocenters. The van der Waals surface area contributed by atoms with Gasteiger partial charge in [-0.2, -0.15) is 13.2 Å². The van der Waals surface area contributed by atoms with Crippen LogP contribution >= 0.6 is 0 Å². The highest BCUT2D eigenvalue weighted by Crippen LogP contribution is 2.29. The Kier molecular flexibility index (Phi) is 2.49. The van der Waals surface area contributed by atoms with E-state index >= 15 is 0 Å². The average Bonchev–Trinajstić information content (AvgIpc) is 2.71. The smallest absolute Gasteiger partial charge is 0.449 e. The van der Waals surface area contributed by atoms with Crippen LogP contribution in [0, 0.1) is 0 Å². The summed E-state index contributed by atoms with van der Waals surface area (Å²) in [5.41, 5.74) is -0.198. The molecule has 0 aromatic carbocycles. The summed E-state index contributed by atoms with van der Waals surface area (Å²) in [6, 6.07) is 0. The Bertz CT molecular complexity index is 576. The SMILES string of the molecule is COC(=O)c1cncc2[nH]c(C(F)(F)F)nc12. The maximum absolute atomic E-state index is 12.4. The van der Waals surface area contributed by atoms with Gasteiger partial charge in [-0.25, -0.2) is 9.78 Å². The number of carbonyl (C=O) groups is 1. The molecule has 0 amide bonds. The number of ether oxygens (including phenoxy) is 1. The van der Waals surface area contributed by atoms with Crippen molar-refractivity contribution >= 4 is 17.0 Å². The quantitative estimate of drug-likeness (QED) is 0.777. The zero-order valence-corrected chi connectivity index (χ0v) is 8.50. The first-order valence-corrected chi connectivity index (χ1v) is 4.42. The van der Waals surface area contributed by atoms with Gasteiger partial charge in [0.05, 0.1) is 18.8 Å². The molecule has 2 rings (SSSR count). The number of hydrogen-bond acceptors (Lipinski definition) is 4. The van der Waals surface area contributed by atoms with Crippen molar-refractivity contribution in [3.8, 4) is 0 Å². The Balaban J connectivity index is 2.65. The molecule has 0 saturated carbocycles. The Hall–Kier alpha value is -2.12. The van der Waals surface area contributed by atoms with Crippen LogP contribution in [-0.2, 0) is 10.9 Å². The van der Waals surface area contributed by atoms with Crippen LogP contribution < -0.4 is 0 Å². The van der Waals surface area contributed by atoms with Gasteiger partial charge in [0.1, 0.15) is 11.1 Å². The van der Waals surface area contributed by atoms with Gasteiger partial charge in [0.25, 0.3) is 0 Å². The standard InChI is InChI=1S/C9H6F3N3O2/c1-17-7(16)4-2-13-3-5-6(4)15-8(14-5)9(10,11)12/h2-3H,1H3,(H,14,15). The fourth-order valence-electron chi connectivity index (χ4n) is 1.33. The minimum absolute atomic E-state index is 0.0280. The van der Waals surface area contributed by atoms with Gasteiger partial charge in [-0.1, -0.05) is 0 Å². The molecule has 0 unspecified atom stereocenters. The van der Waals surface area contributed by atoms with Gasteiger partial charge in [0.2, 0.25) is 5.82 Å². The number of carbonyl (C=O) groups excluding carboxylic acids is 1. The summed E-state index contributed by atoms with van der Waals surface area (Å²) >= 11 is 0. The lowest BCUT2D eigenvalue weighted by Crippen LogP contribution is -2.07. The van der Waals surface area contributed by atoms with E-state index in [1.165, 1.54) is 0 Å². The van der Waals surface area contributed by atoms with Crippen LogP contribution in [0.4, 0.5) is 13.2 Å². The van der Waals surface area contributed by atoms with Gasteiger partial charge in [0, 0.05) is 6.20 Å². The number of H-pyrrole nitrogens is 1. The van der Waals surface area contributed by atoms with E-state index in [1.807, 2.05) is 4.98 Å². The molecule has 0 aliphatic heterocycles. The summed E-state index contributed by atoms with van der Waals surface area (Å²) in [6.45, 7) is 0. The number of imidazole rings is 1. The molecule has 2 aromatic heterocycles. The molecule has 2 heterocycles. The highest BCUT2D eigenvalue weighted by molar-refractivity contribution is 6.01. The molecule has 0 aliphatic rings. The highest BCUT2D eigenvalue weighted by atomic mass is 19.4.